The number of anilines is 1. The van der Waals surface area contributed by atoms with Gasteiger partial charge in [-0.15, -0.1) is 0 Å². The molecule has 0 aliphatic heterocycles. The van der Waals surface area contributed by atoms with E-state index in [4.69, 9.17) is 4.74 Å². The Bertz CT molecular complexity index is 672. The largest absolute Gasteiger partial charge is 0.445 e. The van der Waals surface area contributed by atoms with Gasteiger partial charge in [-0.3, -0.25) is 10.1 Å². The number of carbonyl (C=O) groups is 2. The van der Waals surface area contributed by atoms with Gasteiger partial charge in [-0.2, -0.15) is 0 Å². The molecule has 0 bridgehead atoms. The second-order valence-electron chi connectivity index (χ2n) is 3.91. The summed E-state index contributed by atoms with van der Waals surface area (Å²) in [6.45, 7) is 3.50. The van der Waals surface area contributed by atoms with Crippen molar-refractivity contribution in [2.45, 2.75) is 0 Å². The monoisotopic (exact) mass is 424 g/mol. The maximum absolute atomic E-state index is 11.7. The molecule has 0 saturated heterocycles. The summed E-state index contributed by atoms with van der Waals surface area (Å²) in [6, 6.07) is 4.32. The summed E-state index contributed by atoms with van der Waals surface area (Å²) in [7, 11) is -3.62. The minimum Gasteiger partial charge on any atom is -0.445 e. The van der Waals surface area contributed by atoms with Crippen molar-refractivity contribution in [1.29, 1.82) is 0 Å². The molecule has 0 atom stereocenters. The van der Waals surface area contributed by atoms with E-state index in [9.17, 15) is 18.0 Å². The van der Waals surface area contributed by atoms with Gasteiger partial charge in [0.05, 0.1) is 11.9 Å². The Labute approximate surface area is 135 Å². The van der Waals surface area contributed by atoms with Crippen molar-refractivity contribution in [3.8, 4) is 0 Å². The second-order valence-corrected chi connectivity index (χ2v) is 6.82. The maximum atomic E-state index is 11.7. The molecular formula is C12H13IN2O5S. The van der Waals surface area contributed by atoms with Gasteiger partial charge in [0.25, 0.3) is 5.91 Å². The van der Waals surface area contributed by atoms with Crippen molar-refractivity contribution in [2.24, 2.45) is 0 Å². The third-order valence-electron chi connectivity index (χ3n) is 2.08. The molecule has 21 heavy (non-hydrogen) atoms. The molecule has 1 rings (SSSR count). The van der Waals surface area contributed by atoms with E-state index in [0.717, 1.165) is 6.26 Å². The molecule has 0 saturated carbocycles. The predicted octanol–water partition coefficient (Wildman–Crippen LogP) is 1.72. The van der Waals surface area contributed by atoms with Gasteiger partial charge in [0.15, 0.2) is 0 Å². The van der Waals surface area contributed by atoms with Crippen LogP contribution < -0.4 is 10.0 Å². The number of halogens is 1. The first kappa shape index (κ1) is 17.4. The highest BCUT2D eigenvalue weighted by atomic mass is 127. The van der Waals surface area contributed by atoms with Crippen LogP contribution in [0.2, 0.25) is 0 Å². The lowest BCUT2D eigenvalue weighted by molar-refractivity contribution is 0.0981. The van der Waals surface area contributed by atoms with Gasteiger partial charge < -0.3 is 4.74 Å². The number of nitrogens with one attached hydrogen (secondary N) is 2. The van der Waals surface area contributed by atoms with Gasteiger partial charge in [0, 0.05) is 9.13 Å². The Kier molecular flexibility index (Phi) is 6.15. The smallest absolute Gasteiger partial charge is 0.411 e. The summed E-state index contributed by atoms with van der Waals surface area (Å²) in [4.78, 5) is 23.1. The summed E-state index contributed by atoms with van der Waals surface area (Å²) in [6.07, 6.45) is 1.67. The van der Waals surface area contributed by atoms with Gasteiger partial charge in [-0.05, 0) is 40.8 Å². The number of rotatable bonds is 5. The lowest BCUT2D eigenvalue weighted by atomic mass is 10.2. The van der Waals surface area contributed by atoms with Crippen LogP contribution in [0.5, 0.6) is 0 Å². The van der Waals surface area contributed by atoms with Crippen LogP contribution in [-0.4, -0.2) is 33.3 Å². The van der Waals surface area contributed by atoms with Crippen LogP contribution in [0, 0.1) is 3.57 Å². The fourth-order valence-corrected chi connectivity index (χ4v) is 2.37. The van der Waals surface area contributed by atoms with Crippen molar-refractivity contribution in [3.63, 3.8) is 0 Å². The highest BCUT2D eigenvalue weighted by molar-refractivity contribution is 14.1. The van der Waals surface area contributed by atoms with E-state index >= 15 is 0 Å². The molecule has 0 spiro atoms. The molecule has 0 aromatic heterocycles. The van der Waals surface area contributed by atoms with E-state index in [-0.39, 0.29) is 12.2 Å². The molecule has 0 unspecified atom stereocenters. The normalized spacial score (nSPS) is 10.6. The molecule has 7 nitrogen and oxygen atoms in total. The first-order chi connectivity index (χ1) is 9.73. The predicted molar refractivity (Wildman–Crippen MR) is 86.6 cm³/mol. The summed E-state index contributed by atoms with van der Waals surface area (Å²) in [5.41, 5.74) is 0.607. The van der Waals surface area contributed by atoms with Gasteiger partial charge in [0.1, 0.15) is 6.61 Å². The fraction of sp³-hybridized carbons (Fsp3) is 0.167. The van der Waals surface area contributed by atoms with Crippen molar-refractivity contribution < 1.29 is 22.7 Å². The number of hydrogen-bond donors (Lipinski definition) is 2. The molecular weight excluding hydrogens is 411 g/mol. The highest BCUT2D eigenvalue weighted by Gasteiger charge is 2.13. The quantitative estimate of drug-likeness (QED) is 0.554. The van der Waals surface area contributed by atoms with Crippen LogP contribution in [0.1, 0.15) is 10.4 Å². The highest BCUT2D eigenvalue weighted by Crippen LogP contribution is 2.20. The van der Waals surface area contributed by atoms with E-state index in [0.29, 0.717) is 9.26 Å². The van der Waals surface area contributed by atoms with Gasteiger partial charge in [0.2, 0.25) is 10.0 Å². The van der Waals surface area contributed by atoms with Crippen LogP contribution in [0.3, 0.4) is 0 Å². The van der Waals surface area contributed by atoms with E-state index in [1.807, 2.05) is 27.3 Å². The summed E-state index contributed by atoms with van der Waals surface area (Å²) < 4.78 is 29.2. The average Bonchev–Trinajstić information content (AvgIpc) is 2.36. The topological polar surface area (TPSA) is 102 Å². The van der Waals surface area contributed by atoms with Gasteiger partial charge in [-0.25, -0.2) is 17.9 Å². The minimum absolute atomic E-state index is 0.0806. The van der Waals surface area contributed by atoms with E-state index in [2.05, 4.69) is 11.9 Å². The number of amides is 2. The minimum atomic E-state index is -3.62. The Morgan fingerprint density at radius 2 is 2.10 bits per heavy atom. The maximum Gasteiger partial charge on any atom is 0.411 e. The third-order valence-corrected chi connectivity index (χ3v) is 3.53. The zero-order valence-corrected chi connectivity index (χ0v) is 14.0. The molecule has 2 N–H and O–H groups in total. The van der Waals surface area contributed by atoms with Crippen LogP contribution in [-0.2, 0) is 14.8 Å². The number of benzene rings is 1. The molecule has 1 aromatic carbocycles. The van der Waals surface area contributed by atoms with Crippen LogP contribution >= 0.6 is 22.6 Å². The first-order valence-corrected chi connectivity index (χ1v) is 8.56. The molecule has 9 heteroatoms. The summed E-state index contributed by atoms with van der Waals surface area (Å²) >= 11 is 1.91. The SMILES string of the molecule is C=CCOC(=O)Nc1ccc(C(=O)NS(C)(=O)=O)cc1I. The molecule has 2 amide bonds. The van der Waals surface area contributed by atoms with Crippen LogP contribution in [0.15, 0.2) is 30.9 Å². The Morgan fingerprint density at radius 1 is 1.43 bits per heavy atom. The first-order valence-electron chi connectivity index (χ1n) is 5.59. The summed E-state index contributed by atoms with van der Waals surface area (Å²) in [5.74, 6) is -0.740. The zero-order chi connectivity index (χ0) is 16.0. The molecule has 114 valence electrons. The molecule has 0 radical (unpaired) electrons. The van der Waals surface area contributed by atoms with Crippen molar-refractivity contribution >= 4 is 50.3 Å². The number of hydrogen-bond acceptors (Lipinski definition) is 5. The number of sulfonamides is 1. The van der Waals surface area contributed by atoms with Crippen LogP contribution in [0.25, 0.3) is 0 Å². The molecule has 0 aliphatic rings. The van der Waals surface area contributed by atoms with Crippen molar-refractivity contribution in [3.05, 3.63) is 40.0 Å². The molecule has 1 aromatic rings. The lowest BCUT2D eigenvalue weighted by Crippen LogP contribution is -2.29. The van der Waals surface area contributed by atoms with Crippen LogP contribution in [0.4, 0.5) is 10.5 Å². The third kappa shape index (κ3) is 6.12. The summed E-state index contributed by atoms with van der Waals surface area (Å²) in [5, 5.41) is 2.49. The standard InChI is InChI=1S/C12H13IN2O5S/c1-3-6-20-12(17)14-10-5-4-8(7-9(10)13)11(16)15-21(2,18)19/h3-5,7H,1,6H2,2H3,(H,14,17)(H,15,16). The Morgan fingerprint density at radius 3 is 2.62 bits per heavy atom. The lowest BCUT2D eigenvalue weighted by Gasteiger charge is -2.09. The second kappa shape index (κ2) is 7.41. The number of ether oxygens (including phenoxy) is 1. The van der Waals surface area contributed by atoms with Gasteiger partial charge >= 0.3 is 6.09 Å². The zero-order valence-electron chi connectivity index (χ0n) is 11.1. The molecule has 0 fully saturated rings. The van der Waals surface area contributed by atoms with Crippen molar-refractivity contribution in [1.82, 2.24) is 4.72 Å². The average molecular weight is 424 g/mol. The van der Waals surface area contributed by atoms with E-state index < -0.39 is 22.0 Å². The van der Waals surface area contributed by atoms with E-state index in [1.54, 1.807) is 0 Å². The molecule has 0 heterocycles. The fourth-order valence-electron chi connectivity index (χ4n) is 1.27. The van der Waals surface area contributed by atoms with Crippen molar-refractivity contribution in [2.75, 3.05) is 18.2 Å². The Balaban J connectivity index is 2.83. The molecule has 0 aliphatic carbocycles. The van der Waals surface area contributed by atoms with E-state index in [1.165, 1.54) is 24.3 Å². The Hall–Kier alpha value is -1.62. The number of carbonyl (C=O) groups excluding carboxylic acids is 2. The van der Waals surface area contributed by atoms with Gasteiger partial charge in [-0.1, -0.05) is 12.7 Å².